The lowest BCUT2D eigenvalue weighted by atomic mass is 10.1. The van der Waals surface area contributed by atoms with Crippen LogP contribution >= 0.6 is 0 Å². The summed E-state index contributed by atoms with van der Waals surface area (Å²) in [6.07, 6.45) is 6.78. The Bertz CT molecular complexity index is 750. The molecular weight excluding hydrogens is 282 g/mol. The monoisotopic (exact) mass is 305 g/mol. The molecule has 0 fully saturated rings. The minimum Gasteiger partial charge on any atom is -0.292 e. The first-order valence-electron chi connectivity index (χ1n) is 8.23. The zero-order valence-corrected chi connectivity index (χ0v) is 13.8. The van der Waals surface area contributed by atoms with E-state index >= 15 is 0 Å². The lowest BCUT2D eigenvalue weighted by molar-refractivity contribution is 0.186. The van der Waals surface area contributed by atoms with Crippen molar-refractivity contribution in [3.63, 3.8) is 0 Å². The first kappa shape index (κ1) is 15.6. The van der Waals surface area contributed by atoms with E-state index in [0.29, 0.717) is 6.04 Å². The van der Waals surface area contributed by atoms with Gasteiger partial charge in [-0.25, -0.2) is 0 Å². The molecule has 1 aromatic carbocycles. The van der Waals surface area contributed by atoms with Gasteiger partial charge in [0.2, 0.25) is 0 Å². The Morgan fingerprint density at radius 3 is 2.52 bits per heavy atom. The number of para-hydroxylation sites is 1. The van der Waals surface area contributed by atoms with Crippen LogP contribution in [-0.2, 0) is 13.1 Å². The number of aromatic nitrogens is 2. The number of rotatable bonds is 6. The fourth-order valence-electron chi connectivity index (χ4n) is 2.86. The van der Waals surface area contributed by atoms with Gasteiger partial charge in [0, 0.05) is 43.1 Å². The van der Waals surface area contributed by atoms with Crippen LogP contribution in [0.2, 0.25) is 0 Å². The average Bonchev–Trinajstić information content (AvgIpc) is 2.61. The smallest absolute Gasteiger partial charge is 0.0705 e. The van der Waals surface area contributed by atoms with Crippen LogP contribution in [0.4, 0.5) is 0 Å². The Hall–Kier alpha value is -2.26. The van der Waals surface area contributed by atoms with Gasteiger partial charge < -0.3 is 0 Å². The summed E-state index contributed by atoms with van der Waals surface area (Å²) in [5.41, 5.74) is 3.71. The summed E-state index contributed by atoms with van der Waals surface area (Å²) in [6, 6.07) is 15.2. The molecule has 0 unspecified atom stereocenters. The highest BCUT2D eigenvalue weighted by Gasteiger charge is 2.14. The summed E-state index contributed by atoms with van der Waals surface area (Å²) in [5.74, 6) is 0. The van der Waals surface area contributed by atoms with Crippen molar-refractivity contribution in [2.24, 2.45) is 0 Å². The van der Waals surface area contributed by atoms with Gasteiger partial charge >= 0.3 is 0 Å². The van der Waals surface area contributed by atoms with Crippen molar-refractivity contribution in [1.82, 2.24) is 14.9 Å². The molecule has 0 amide bonds. The SMILES string of the molecule is CC[C@H](C)N(Cc1ccncc1)Cc1ccnc2ccccc12. The molecule has 0 radical (unpaired) electrons. The minimum absolute atomic E-state index is 0.523. The molecule has 23 heavy (non-hydrogen) atoms. The van der Waals surface area contributed by atoms with Gasteiger partial charge in [0.15, 0.2) is 0 Å². The van der Waals surface area contributed by atoms with Gasteiger partial charge in [-0.1, -0.05) is 25.1 Å². The number of fused-ring (bicyclic) bond motifs is 1. The molecule has 3 heteroatoms. The molecule has 0 bridgehead atoms. The van der Waals surface area contributed by atoms with Gasteiger partial charge in [-0.05, 0) is 48.7 Å². The molecular formula is C20H23N3. The molecule has 0 saturated carbocycles. The van der Waals surface area contributed by atoms with Crippen LogP contribution in [0.3, 0.4) is 0 Å². The molecule has 3 nitrogen and oxygen atoms in total. The highest BCUT2D eigenvalue weighted by Crippen LogP contribution is 2.21. The molecule has 0 saturated heterocycles. The van der Waals surface area contributed by atoms with Crippen LogP contribution < -0.4 is 0 Å². The standard InChI is InChI=1S/C20H23N3/c1-3-16(2)23(14-17-8-11-21-12-9-17)15-18-10-13-22-20-7-5-4-6-19(18)20/h4-13,16H,3,14-15H2,1-2H3/t16-/m0/s1. The van der Waals surface area contributed by atoms with E-state index in [1.54, 1.807) is 0 Å². The zero-order chi connectivity index (χ0) is 16.1. The molecule has 118 valence electrons. The highest BCUT2D eigenvalue weighted by molar-refractivity contribution is 5.81. The summed E-state index contributed by atoms with van der Waals surface area (Å²) < 4.78 is 0. The van der Waals surface area contributed by atoms with E-state index in [9.17, 15) is 0 Å². The van der Waals surface area contributed by atoms with Crippen molar-refractivity contribution in [3.05, 3.63) is 72.2 Å². The van der Waals surface area contributed by atoms with E-state index < -0.39 is 0 Å². The van der Waals surface area contributed by atoms with Crippen LogP contribution in [0.1, 0.15) is 31.4 Å². The maximum absolute atomic E-state index is 4.47. The zero-order valence-electron chi connectivity index (χ0n) is 13.8. The number of nitrogens with zero attached hydrogens (tertiary/aromatic N) is 3. The van der Waals surface area contributed by atoms with Crippen molar-refractivity contribution in [2.45, 2.75) is 39.4 Å². The Morgan fingerprint density at radius 1 is 0.957 bits per heavy atom. The summed E-state index contributed by atoms with van der Waals surface area (Å²) in [4.78, 5) is 11.1. The van der Waals surface area contributed by atoms with Gasteiger partial charge in [-0.15, -0.1) is 0 Å². The number of pyridine rings is 2. The second kappa shape index (κ2) is 7.34. The van der Waals surface area contributed by atoms with Crippen molar-refractivity contribution in [1.29, 1.82) is 0 Å². The molecule has 2 heterocycles. The molecule has 3 aromatic rings. The van der Waals surface area contributed by atoms with Gasteiger partial charge in [0.05, 0.1) is 5.52 Å². The van der Waals surface area contributed by atoms with Crippen molar-refractivity contribution in [3.8, 4) is 0 Å². The quantitative estimate of drug-likeness (QED) is 0.674. The third-order valence-electron chi connectivity index (χ3n) is 4.46. The maximum Gasteiger partial charge on any atom is 0.0705 e. The fourth-order valence-corrected chi connectivity index (χ4v) is 2.86. The third kappa shape index (κ3) is 3.74. The lowest BCUT2D eigenvalue weighted by Crippen LogP contribution is -2.31. The molecule has 0 spiro atoms. The molecule has 0 aliphatic rings. The van der Waals surface area contributed by atoms with Gasteiger partial charge in [-0.2, -0.15) is 0 Å². The third-order valence-corrected chi connectivity index (χ3v) is 4.46. The first-order valence-corrected chi connectivity index (χ1v) is 8.23. The Labute approximate surface area is 138 Å². The van der Waals surface area contributed by atoms with Gasteiger partial charge in [0.1, 0.15) is 0 Å². The summed E-state index contributed by atoms with van der Waals surface area (Å²) in [7, 11) is 0. The van der Waals surface area contributed by atoms with Crippen LogP contribution in [0.5, 0.6) is 0 Å². The van der Waals surface area contributed by atoms with Gasteiger partial charge in [0.25, 0.3) is 0 Å². The molecule has 2 aromatic heterocycles. The van der Waals surface area contributed by atoms with E-state index in [4.69, 9.17) is 0 Å². The maximum atomic E-state index is 4.47. The Morgan fingerprint density at radius 2 is 1.74 bits per heavy atom. The van der Waals surface area contributed by atoms with Crippen LogP contribution in [0.25, 0.3) is 10.9 Å². The van der Waals surface area contributed by atoms with E-state index in [1.165, 1.54) is 16.5 Å². The normalized spacial score (nSPS) is 12.7. The van der Waals surface area contributed by atoms with Crippen molar-refractivity contribution < 1.29 is 0 Å². The van der Waals surface area contributed by atoms with Gasteiger partial charge in [-0.3, -0.25) is 14.9 Å². The highest BCUT2D eigenvalue weighted by atomic mass is 15.1. The molecule has 3 rings (SSSR count). The van der Waals surface area contributed by atoms with E-state index in [2.05, 4.69) is 65.1 Å². The first-order chi connectivity index (χ1) is 11.3. The van der Waals surface area contributed by atoms with Crippen LogP contribution in [0.15, 0.2) is 61.1 Å². The number of benzene rings is 1. The van der Waals surface area contributed by atoms with E-state index in [0.717, 1.165) is 25.0 Å². The van der Waals surface area contributed by atoms with Crippen molar-refractivity contribution >= 4 is 10.9 Å². The second-order valence-electron chi connectivity index (χ2n) is 6.00. The molecule has 0 aliphatic carbocycles. The largest absolute Gasteiger partial charge is 0.292 e. The van der Waals surface area contributed by atoms with E-state index in [-0.39, 0.29) is 0 Å². The summed E-state index contributed by atoms with van der Waals surface area (Å²) in [5, 5.41) is 1.25. The topological polar surface area (TPSA) is 29.0 Å². The molecule has 0 N–H and O–H groups in total. The van der Waals surface area contributed by atoms with Crippen LogP contribution in [-0.4, -0.2) is 20.9 Å². The number of hydrogen-bond acceptors (Lipinski definition) is 3. The summed E-state index contributed by atoms with van der Waals surface area (Å²) >= 11 is 0. The predicted molar refractivity (Wildman–Crippen MR) is 95.0 cm³/mol. The number of hydrogen-bond donors (Lipinski definition) is 0. The average molecular weight is 305 g/mol. The Kier molecular flexibility index (Phi) is 4.99. The second-order valence-corrected chi connectivity index (χ2v) is 6.00. The van der Waals surface area contributed by atoms with E-state index in [1.807, 2.05) is 24.7 Å². The summed E-state index contributed by atoms with van der Waals surface area (Å²) in [6.45, 7) is 6.41. The van der Waals surface area contributed by atoms with Crippen LogP contribution in [0, 0.1) is 0 Å². The predicted octanol–water partition coefficient (Wildman–Crippen LogP) is 4.43. The minimum atomic E-state index is 0.523. The Balaban J connectivity index is 1.88. The molecule has 0 aliphatic heterocycles. The molecule has 1 atom stereocenters. The van der Waals surface area contributed by atoms with Crippen molar-refractivity contribution in [2.75, 3.05) is 0 Å². The fraction of sp³-hybridized carbons (Fsp3) is 0.300. The lowest BCUT2D eigenvalue weighted by Gasteiger charge is -2.29.